The second-order valence-electron chi connectivity index (χ2n) is 19.2. The van der Waals surface area contributed by atoms with E-state index in [9.17, 15) is 28.8 Å². The van der Waals surface area contributed by atoms with Crippen LogP contribution in [0.3, 0.4) is 0 Å². The van der Waals surface area contributed by atoms with Gasteiger partial charge in [-0.3, -0.25) is 28.8 Å². The van der Waals surface area contributed by atoms with Gasteiger partial charge in [-0.25, -0.2) is 0 Å². The summed E-state index contributed by atoms with van der Waals surface area (Å²) in [6.07, 6.45) is 20.3. The maximum atomic E-state index is 12.4. The Labute approximate surface area is 395 Å². The largest absolute Gasteiger partial charge is 0.462 e. The molecule has 0 saturated carbocycles. The minimum absolute atomic E-state index is 0.0980. The van der Waals surface area contributed by atoms with E-state index in [1.807, 2.05) is 13.8 Å². The maximum absolute atomic E-state index is 12.4. The summed E-state index contributed by atoms with van der Waals surface area (Å²) in [6, 6.07) is 0. The molecule has 0 radical (unpaired) electrons. The van der Waals surface area contributed by atoms with E-state index in [1.54, 1.807) is 0 Å². The maximum Gasteiger partial charge on any atom is 0.309 e. The highest BCUT2D eigenvalue weighted by Crippen LogP contribution is 2.29. The van der Waals surface area contributed by atoms with Crippen molar-refractivity contribution in [3.63, 3.8) is 0 Å². The van der Waals surface area contributed by atoms with Crippen LogP contribution in [0.2, 0.25) is 0 Å². The van der Waals surface area contributed by atoms with Crippen LogP contribution >= 0.6 is 0 Å². The van der Waals surface area contributed by atoms with Crippen molar-refractivity contribution in [2.75, 3.05) is 105 Å². The molecule has 16 heteroatoms. The number of hydrogen-bond acceptors (Lipinski definition) is 16. The van der Waals surface area contributed by atoms with Gasteiger partial charge in [-0.2, -0.15) is 0 Å². The Morgan fingerprint density at radius 1 is 0.348 bits per heavy atom. The van der Waals surface area contributed by atoms with Gasteiger partial charge < -0.3 is 48.0 Å². The first-order chi connectivity index (χ1) is 32.1. The summed E-state index contributed by atoms with van der Waals surface area (Å²) < 4.78 is 30.6. The fourth-order valence-electron chi connectivity index (χ4n) is 9.86. The normalized spacial score (nSPS) is 19.0. The van der Waals surface area contributed by atoms with Crippen LogP contribution in [-0.2, 0) is 57.2 Å². The molecule has 4 saturated heterocycles. The molecule has 0 aromatic carbocycles. The van der Waals surface area contributed by atoms with E-state index < -0.39 is 0 Å². The minimum Gasteiger partial charge on any atom is -0.462 e. The van der Waals surface area contributed by atoms with Gasteiger partial charge in [-0.1, -0.05) is 52.4 Å². The predicted octanol–water partition coefficient (Wildman–Crippen LogP) is 6.51. The van der Waals surface area contributed by atoms with Crippen LogP contribution in [0.15, 0.2) is 0 Å². The van der Waals surface area contributed by atoms with Crippen LogP contribution in [0, 0.1) is 23.7 Å². The van der Waals surface area contributed by atoms with Crippen molar-refractivity contribution in [3.05, 3.63) is 0 Å². The molecule has 0 aliphatic carbocycles. The lowest BCUT2D eigenvalue weighted by atomic mass is 9.87. The van der Waals surface area contributed by atoms with E-state index in [1.165, 1.54) is 89.9 Å². The van der Waals surface area contributed by atoms with Gasteiger partial charge in [0.15, 0.2) is 0 Å². The van der Waals surface area contributed by atoms with E-state index in [2.05, 4.69) is 19.6 Å². The minimum atomic E-state index is -0.339. The standard InChI is InChI=1S/C50H86N4O12/c1-3-7-45(55)63-39-65-49(59)23-35-53-29-17-43(18-30-53)11-5-9-41-13-25-51(26-14-41)33-21-47(57)61-37-38-62-48(58)22-34-52-27-15-42(16-28-52)10-6-12-44-19-31-54(32-20-44)36-24-50(60)66-40-64-46(56)8-4-2/h41-44H,3-40H2,1-2H3. The van der Waals surface area contributed by atoms with Gasteiger partial charge in [0.05, 0.1) is 25.7 Å². The molecule has 0 spiro atoms. The number of nitrogens with zero attached hydrogens (tertiary/aromatic N) is 4. The summed E-state index contributed by atoms with van der Waals surface area (Å²) in [5.41, 5.74) is 0. The van der Waals surface area contributed by atoms with Crippen molar-refractivity contribution in [1.82, 2.24) is 19.6 Å². The number of piperidine rings is 4. The lowest BCUT2D eigenvalue weighted by molar-refractivity contribution is -0.169. The second kappa shape index (κ2) is 33.2. The molecule has 0 aromatic rings. The monoisotopic (exact) mass is 935 g/mol. The van der Waals surface area contributed by atoms with Crippen LogP contribution < -0.4 is 0 Å². The Morgan fingerprint density at radius 2 is 0.576 bits per heavy atom. The highest BCUT2D eigenvalue weighted by molar-refractivity contribution is 5.72. The first-order valence-corrected chi connectivity index (χ1v) is 25.9. The molecule has 4 aliphatic heterocycles. The third-order valence-electron chi connectivity index (χ3n) is 14.2. The second-order valence-corrected chi connectivity index (χ2v) is 19.2. The summed E-state index contributed by atoms with van der Waals surface area (Å²) in [5.74, 6) is 1.18. The number of carbonyl (C=O) groups excluding carboxylic acids is 6. The van der Waals surface area contributed by atoms with Gasteiger partial charge in [-0.15, -0.1) is 0 Å². The summed E-state index contributed by atoms with van der Waals surface area (Å²) in [6.45, 7) is 14.3. The van der Waals surface area contributed by atoms with Gasteiger partial charge in [0.25, 0.3) is 0 Å². The lowest BCUT2D eigenvalue weighted by Gasteiger charge is -2.33. The molecule has 16 nitrogen and oxygen atoms in total. The molecule has 4 rings (SSSR count). The Balaban J connectivity index is 0.890. The molecular weight excluding hydrogens is 849 g/mol. The van der Waals surface area contributed by atoms with Crippen molar-refractivity contribution in [1.29, 1.82) is 0 Å². The van der Waals surface area contributed by atoms with E-state index in [4.69, 9.17) is 28.4 Å². The molecular formula is C50H86N4O12. The molecule has 0 unspecified atom stereocenters. The van der Waals surface area contributed by atoms with Gasteiger partial charge in [0, 0.05) is 39.0 Å². The number of likely N-dealkylation sites (tertiary alicyclic amines) is 4. The summed E-state index contributed by atoms with van der Waals surface area (Å²) >= 11 is 0. The number of ether oxygens (including phenoxy) is 6. The Morgan fingerprint density at radius 3 is 0.818 bits per heavy atom. The van der Waals surface area contributed by atoms with E-state index in [0.717, 1.165) is 76.0 Å². The zero-order valence-corrected chi connectivity index (χ0v) is 40.9. The van der Waals surface area contributed by atoms with Gasteiger partial charge in [0.1, 0.15) is 13.2 Å². The Hall–Kier alpha value is -3.34. The average molecular weight is 935 g/mol. The van der Waals surface area contributed by atoms with Crippen molar-refractivity contribution >= 4 is 35.8 Å². The average Bonchev–Trinajstić information content (AvgIpc) is 3.32. The van der Waals surface area contributed by atoms with Crippen molar-refractivity contribution < 1.29 is 57.2 Å². The van der Waals surface area contributed by atoms with Gasteiger partial charge in [0.2, 0.25) is 13.6 Å². The lowest BCUT2D eigenvalue weighted by Crippen LogP contribution is -2.36. The SMILES string of the molecule is CCCC(=O)OCOC(=O)CCN1CCC(CCCC2CCN(CCC(=O)OCCOC(=O)CCN3CCC(CCCC4CCN(CCC(=O)OCOC(=O)CCC)CC4)CC3)CC2)CC1. The summed E-state index contributed by atoms with van der Waals surface area (Å²) in [5, 5.41) is 0. The molecule has 4 heterocycles. The summed E-state index contributed by atoms with van der Waals surface area (Å²) in [4.78, 5) is 80.9. The van der Waals surface area contributed by atoms with E-state index in [0.29, 0.717) is 77.5 Å². The van der Waals surface area contributed by atoms with Crippen LogP contribution in [0.4, 0.5) is 0 Å². The van der Waals surface area contributed by atoms with Crippen LogP contribution in [-0.4, -0.2) is 161 Å². The molecule has 0 aromatic heterocycles. The highest BCUT2D eigenvalue weighted by Gasteiger charge is 2.25. The van der Waals surface area contributed by atoms with Crippen LogP contribution in [0.1, 0.15) is 155 Å². The Bertz CT molecular complexity index is 1300. The molecule has 0 amide bonds. The first kappa shape index (κ1) is 55.3. The third kappa shape index (κ3) is 24.6. The van der Waals surface area contributed by atoms with E-state index >= 15 is 0 Å². The van der Waals surface area contributed by atoms with E-state index in [-0.39, 0.29) is 62.6 Å². The molecule has 0 N–H and O–H groups in total. The van der Waals surface area contributed by atoms with Crippen molar-refractivity contribution in [3.8, 4) is 0 Å². The van der Waals surface area contributed by atoms with Crippen molar-refractivity contribution in [2.45, 2.75) is 155 Å². The first-order valence-electron chi connectivity index (χ1n) is 25.9. The molecule has 0 bridgehead atoms. The predicted molar refractivity (Wildman–Crippen MR) is 249 cm³/mol. The number of rotatable bonds is 31. The topological polar surface area (TPSA) is 171 Å². The molecule has 4 fully saturated rings. The highest BCUT2D eigenvalue weighted by atomic mass is 16.7. The smallest absolute Gasteiger partial charge is 0.309 e. The van der Waals surface area contributed by atoms with Crippen molar-refractivity contribution in [2.24, 2.45) is 23.7 Å². The zero-order valence-electron chi connectivity index (χ0n) is 40.9. The fourth-order valence-corrected chi connectivity index (χ4v) is 9.86. The number of hydrogen-bond donors (Lipinski definition) is 0. The van der Waals surface area contributed by atoms with Gasteiger partial charge in [-0.05, 0) is 140 Å². The molecule has 378 valence electrons. The molecule has 4 aliphatic rings. The fraction of sp³-hybridized carbons (Fsp3) is 0.880. The molecule has 0 atom stereocenters. The van der Waals surface area contributed by atoms with Crippen LogP contribution in [0.5, 0.6) is 0 Å². The summed E-state index contributed by atoms with van der Waals surface area (Å²) in [7, 11) is 0. The number of esters is 6. The number of carbonyl (C=O) groups is 6. The van der Waals surface area contributed by atoms with Crippen LogP contribution in [0.25, 0.3) is 0 Å². The molecule has 66 heavy (non-hydrogen) atoms. The zero-order chi connectivity index (χ0) is 47.2. The Kier molecular flexibility index (Phi) is 27.8. The third-order valence-corrected chi connectivity index (χ3v) is 14.2. The van der Waals surface area contributed by atoms with Gasteiger partial charge >= 0.3 is 35.8 Å². The quantitative estimate of drug-likeness (QED) is 0.0319.